The van der Waals surface area contributed by atoms with Crippen LogP contribution in [-0.4, -0.2) is 38.0 Å². The van der Waals surface area contributed by atoms with E-state index in [0.717, 1.165) is 38.1 Å². The summed E-state index contributed by atoms with van der Waals surface area (Å²) in [6.45, 7) is 4.55. The lowest BCUT2D eigenvalue weighted by Gasteiger charge is -2.34. The lowest BCUT2D eigenvalue weighted by Crippen LogP contribution is -2.43. The van der Waals surface area contributed by atoms with Crippen LogP contribution in [0.15, 0.2) is 18.2 Å². The van der Waals surface area contributed by atoms with Gasteiger partial charge in [0, 0.05) is 30.8 Å². The van der Waals surface area contributed by atoms with Crippen molar-refractivity contribution in [1.29, 1.82) is 0 Å². The van der Waals surface area contributed by atoms with E-state index in [1.165, 1.54) is 11.0 Å². The second-order valence-corrected chi connectivity index (χ2v) is 7.66. The van der Waals surface area contributed by atoms with E-state index >= 15 is 0 Å². The SMILES string of the molecule is CC1(CNC(=O)c2cc(N3CCCC3=O)cc(C(F)(F)F)c2)CCNCC1.Cl. The number of nitrogens with one attached hydrogen (secondary N) is 2. The summed E-state index contributed by atoms with van der Waals surface area (Å²) in [5.41, 5.74) is -0.934. The summed E-state index contributed by atoms with van der Waals surface area (Å²) in [4.78, 5) is 25.8. The van der Waals surface area contributed by atoms with Gasteiger partial charge in [0.1, 0.15) is 0 Å². The van der Waals surface area contributed by atoms with Crippen molar-refractivity contribution in [2.75, 3.05) is 31.1 Å². The minimum absolute atomic E-state index is 0. The number of piperidine rings is 1. The van der Waals surface area contributed by atoms with E-state index in [2.05, 4.69) is 17.6 Å². The number of nitrogens with zero attached hydrogens (tertiary/aromatic N) is 1. The Morgan fingerprint density at radius 3 is 2.50 bits per heavy atom. The van der Waals surface area contributed by atoms with Crippen LogP contribution in [0.2, 0.25) is 0 Å². The van der Waals surface area contributed by atoms with Crippen LogP contribution in [0, 0.1) is 5.41 Å². The molecule has 0 aromatic heterocycles. The maximum Gasteiger partial charge on any atom is 0.416 e. The van der Waals surface area contributed by atoms with Gasteiger partial charge in [-0.05, 0) is 56.0 Å². The van der Waals surface area contributed by atoms with Gasteiger partial charge < -0.3 is 15.5 Å². The maximum atomic E-state index is 13.3. The highest BCUT2D eigenvalue weighted by Gasteiger charge is 2.34. The highest BCUT2D eigenvalue weighted by atomic mass is 35.5. The summed E-state index contributed by atoms with van der Waals surface area (Å²) in [5.74, 6) is -0.767. The Morgan fingerprint density at radius 2 is 1.93 bits per heavy atom. The number of alkyl halides is 3. The van der Waals surface area contributed by atoms with Crippen LogP contribution in [0.4, 0.5) is 18.9 Å². The average molecular weight is 420 g/mol. The molecule has 5 nitrogen and oxygen atoms in total. The van der Waals surface area contributed by atoms with E-state index < -0.39 is 17.6 Å². The normalized spacial score (nSPS) is 19.3. The quantitative estimate of drug-likeness (QED) is 0.786. The van der Waals surface area contributed by atoms with Crippen molar-refractivity contribution >= 4 is 29.9 Å². The molecule has 0 radical (unpaired) electrons. The first-order chi connectivity index (χ1) is 12.7. The molecule has 0 unspecified atom stereocenters. The number of anilines is 1. The number of carbonyl (C=O) groups excluding carboxylic acids is 2. The second kappa shape index (κ2) is 8.69. The number of hydrogen-bond donors (Lipinski definition) is 2. The molecule has 1 aromatic carbocycles. The molecule has 0 aliphatic carbocycles. The second-order valence-electron chi connectivity index (χ2n) is 7.66. The molecule has 9 heteroatoms. The van der Waals surface area contributed by atoms with E-state index in [-0.39, 0.29) is 35.0 Å². The third-order valence-electron chi connectivity index (χ3n) is 5.38. The minimum Gasteiger partial charge on any atom is -0.351 e. The maximum absolute atomic E-state index is 13.3. The highest BCUT2D eigenvalue weighted by molar-refractivity contribution is 5.99. The predicted octanol–water partition coefficient (Wildman–Crippen LogP) is 3.37. The van der Waals surface area contributed by atoms with Gasteiger partial charge in [0.25, 0.3) is 5.91 Å². The highest BCUT2D eigenvalue weighted by Crippen LogP contribution is 2.34. The van der Waals surface area contributed by atoms with Gasteiger partial charge in [-0.1, -0.05) is 6.92 Å². The Kier molecular flexibility index (Phi) is 6.98. The molecule has 2 heterocycles. The molecule has 1 aromatic rings. The van der Waals surface area contributed by atoms with Gasteiger partial charge in [0.2, 0.25) is 5.91 Å². The molecule has 0 atom stereocenters. The lowest BCUT2D eigenvalue weighted by molar-refractivity contribution is -0.137. The topological polar surface area (TPSA) is 61.4 Å². The Morgan fingerprint density at radius 1 is 1.25 bits per heavy atom. The van der Waals surface area contributed by atoms with Crippen molar-refractivity contribution in [3.05, 3.63) is 29.3 Å². The first kappa shape index (κ1) is 22.5. The summed E-state index contributed by atoms with van der Waals surface area (Å²) in [6, 6.07) is 3.16. The summed E-state index contributed by atoms with van der Waals surface area (Å²) in [6.07, 6.45) is -1.89. The van der Waals surface area contributed by atoms with Gasteiger partial charge in [0.15, 0.2) is 0 Å². The molecule has 0 saturated carbocycles. The zero-order valence-corrected chi connectivity index (χ0v) is 16.5. The smallest absolute Gasteiger partial charge is 0.351 e. The largest absolute Gasteiger partial charge is 0.416 e. The monoisotopic (exact) mass is 419 g/mol. The third kappa shape index (κ3) is 5.17. The van der Waals surface area contributed by atoms with Gasteiger partial charge in [-0.2, -0.15) is 13.2 Å². The fraction of sp³-hybridized carbons (Fsp3) is 0.579. The molecule has 0 bridgehead atoms. The molecule has 2 saturated heterocycles. The molecular formula is C19H25ClF3N3O2. The van der Waals surface area contributed by atoms with Crippen LogP contribution >= 0.6 is 12.4 Å². The molecule has 28 heavy (non-hydrogen) atoms. The Bertz CT molecular complexity index is 734. The zero-order chi connectivity index (χ0) is 19.7. The molecule has 2 aliphatic heterocycles. The molecule has 2 N–H and O–H groups in total. The molecule has 2 amide bonds. The van der Waals surface area contributed by atoms with E-state index in [4.69, 9.17) is 0 Å². The number of rotatable bonds is 4. The van der Waals surface area contributed by atoms with Crippen molar-refractivity contribution in [2.24, 2.45) is 5.41 Å². The van der Waals surface area contributed by atoms with Crippen molar-refractivity contribution in [1.82, 2.24) is 10.6 Å². The fourth-order valence-electron chi connectivity index (χ4n) is 3.59. The number of carbonyl (C=O) groups is 2. The van der Waals surface area contributed by atoms with Gasteiger partial charge in [-0.25, -0.2) is 0 Å². The first-order valence-corrected chi connectivity index (χ1v) is 9.20. The van der Waals surface area contributed by atoms with Crippen LogP contribution in [0.5, 0.6) is 0 Å². The van der Waals surface area contributed by atoms with Crippen molar-refractivity contribution in [2.45, 2.75) is 38.8 Å². The Balaban J connectivity index is 0.00000280. The minimum atomic E-state index is -4.59. The van der Waals surface area contributed by atoms with Crippen molar-refractivity contribution in [3.8, 4) is 0 Å². The average Bonchev–Trinajstić information content (AvgIpc) is 3.05. The standard InChI is InChI=1S/C19H24F3N3O2.ClH/c1-18(4-6-23-7-5-18)12-24-17(27)13-9-14(19(20,21)22)11-15(10-13)25-8-2-3-16(25)26;/h9-11,23H,2-8,12H2,1H3,(H,24,27);1H. The molecular weight excluding hydrogens is 395 g/mol. The van der Waals surface area contributed by atoms with E-state index in [0.29, 0.717) is 25.9 Å². The predicted molar refractivity (Wildman–Crippen MR) is 103 cm³/mol. The van der Waals surface area contributed by atoms with E-state index in [9.17, 15) is 22.8 Å². The molecule has 156 valence electrons. The van der Waals surface area contributed by atoms with Crippen LogP contribution in [-0.2, 0) is 11.0 Å². The lowest BCUT2D eigenvalue weighted by atomic mass is 9.81. The van der Waals surface area contributed by atoms with Crippen LogP contribution in [0.25, 0.3) is 0 Å². The third-order valence-corrected chi connectivity index (χ3v) is 5.38. The summed E-state index contributed by atoms with van der Waals surface area (Å²) in [7, 11) is 0. The van der Waals surface area contributed by atoms with E-state index in [1.807, 2.05) is 0 Å². The first-order valence-electron chi connectivity index (χ1n) is 9.20. The molecule has 2 aliphatic rings. The van der Waals surface area contributed by atoms with Crippen LogP contribution < -0.4 is 15.5 Å². The zero-order valence-electron chi connectivity index (χ0n) is 15.7. The van der Waals surface area contributed by atoms with E-state index in [1.54, 1.807) is 0 Å². The molecule has 3 rings (SSSR count). The van der Waals surface area contributed by atoms with Crippen LogP contribution in [0.3, 0.4) is 0 Å². The van der Waals surface area contributed by atoms with Gasteiger partial charge in [-0.3, -0.25) is 9.59 Å². The molecule has 0 spiro atoms. The number of halogens is 4. The Hall–Kier alpha value is -1.80. The van der Waals surface area contributed by atoms with Crippen molar-refractivity contribution < 1.29 is 22.8 Å². The number of benzene rings is 1. The van der Waals surface area contributed by atoms with Gasteiger partial charge >= 0.3 is 6.18 Å². The van der Waals surface area contributed by atoms with Crippen molar-refractivity contribution in [3.63, 3.8) is 0 Å². The summed E-state index contributed by atoms with van der Waals surface area (Å²) in [5, 5.41) is 6.03. The number of hydrogen-bond acceptors (Lipinski definition) is 3. The van der Waals surface area contributed by atoms with Crippen LogP contribution in [0.1, 0.15) is 48.5 Å². The fourth-order valence-corrected chi connectivity index (χ4v) is 3.59. The van der Waals surface area contributed by atoms with Gasteiger partial charge in [-0.15, -0.1) is 12.4 Å². The summed E-state index contributed by atoms with van der Waals surface area (Å²) < 4.78 is 39.9. The summed E-state index contributed by atoms with van der Waals surface area (Å²) >= 11 is 0. The molecule has 2 fully saturated rings. The number of amides is 2. The van der Waals surface area contributed by atoms with Gasteiger partial charge in [0.05, 0.1) is 5.56 Å². The Labute approximate surface area is 168 Å².